The van der Waals surface area contributed by atoms with E-state index in [0.29, 0.717) is 17.1 Å². The second kappa shape index (κ2) is 3.83. The van der Waals surface area contributed by atoms with Gasteiger partial charge in [-0.1, -0.05) is 42.1 Å². The van der Waals surface area contributed by atoms with E-state index in [4.69, 9.17) is 5.73 Å². The van der Waals surface area contributed by atoms with Crippen LogP contribution in [0.5, 0.6) is 0 Å². The van der Waals surface area contributed by atoms with Crippen LogP contribution in [0.2, 0.25) is 0 Å². The maximum Gasteiger partial charge on any atom is 0.216 e. The molecule has 1 aliphatic carbocycles. The zero-order chi connectivity index (χ0) is 11.0. The van der Waals surface area contributed by atoms with E-state index in [-0.39, 0.29) is 0 Å². The first kappa shape index (κ1) is 9.72. The molecule has 1 fully saturated rings. The standard InChI is InChI=1S/C11H12N4S/c12-10-13-11(15-14-10)16-9-6-8(9)7-4-2-1-3-5-7/h1-5,8-9H,6H2,(H3,12,13,14,15). The van der Waals surface area contributed by atoms with Crippen molar-refractivity contribution < 1.29 is 0 Å². The van der Waals surface area contributed by atoms with Crippen molar-refractivity contribution in [3.8, 4) is 0 Å². The van der Waals surface area contributed by atoms with Gasteiger partial charge >= 0.3 is 0 Å². The van der Waals surface area contributed by atoms with E-state index in [2.05, 4.69) is 39.4 Å². The Morgan fingerprint density at radius 1 is 1.31 bits per heavy atom. The van der Waals surface area contributed by atoms with Gasteiger partial charge in [0.2, 0.25) is 11.1 Å². The van der Waals surface area contributed by atoms with Gasteiger partial charge in [-0.2, -0.15) is 4.98 Å². The first-order valence-electron chi connectivity index (χ1n) is 5.22. The Bertz CT molecular complexity index is 482. The fourth-order valence-corrected chi connectivity index (χ4v) is 2.94. The van der Waals surface area contributed by atoms with Crippen molar-refractivity contribution in [2.45, 2.75) is 22.7 Å². The van der Waals surface area contributed by atoms with E-state index < -0.39 is 0 Å². The Hall–Kier alpha value is -1.49. The average Bonchev–Trinajstić information content (AvgIpc) is 2.95. The molecule has 82 valence electrons. The zero-order valence-electron chi connectivity index (χ0n) is 8.63. The molecule has 0 spiro atoms. The average molecular weight is 232 g/mol. The molecule has 5 heteroatoms. The summed E-state index contributed by atoms with van der Waals surface area (Å²) in [6, 6.07) is 10.6. The van der Waals surface area contributed by atoms with Crippen LogP contribution in [0.4, 0.5) is 5.95 Å². The third kappa shape index (κ3) is 1.90. The van der Waals surface area contributed by atoms with E-state index in [9.17, 15) is 0 Å². The molecule has 1 saturated carbocycles. The Morgan fingerprint density at radius 3 is 2.81 bits per heavy atom. The summed E-state index contributed by atoms with van der Waals surface area (Å²) in [6.07, 6.45) is 1.20. The molecule has 0 aliphatic heterocycles. The predicted molar refractivity (Wildman–Crippen MR) is 64.2 cm³/mol. The number of nitrogens with two attached hydrogens (primary N) is 1. The maximum atomic E-state index is 5.48. The minimum Gasteiger partial charge on any atom is -0.368 e. The molecule has 1 aromatic carbocycles. The first-order valence-corrected chi connectivity index (χ1v) is 6.10. The summed E-state index contributed by atoms with van der Waals surface area (Å²) in [5, 5.41) is 8.02. The van der Waals surface area contributed by atoms with Gasteiger partial charge in [0.1, 0.15) is 0 Å². The fraction of sp³-hybridized carbons (Fsp3) is 0.273. The molecule has 3 rings (SSSR count). The smallest absolute Gasteiger partial charge is 0.216 e. The maximum absolute atomic E-state index is 5.48. The van der Waals surface area contributed by atoms with Gasteiger partial charge in [0.15, 0.2) is 0 Å². The van der Waals surface area contributed by atoms with Crippen molar-refractivity contribution >= 4 is 17.7 Å². The van der Waals surface area contributed by atoms with Crippen LogP contribution in [0.3, 0.4) is 0 Å². The van der Waals surface area contributed by atoms with Crippen molar-refractivity contribution in [2.75, 3.05) is 5.73 Å². The highest BCUT2D eigenvalue weighted by atomic mass is 32.2. The van der Waals surface area contributed by atoms with Gasteiger partial charge in [0, 0.05) is 5.25 Å². The molecule has 2 atom stereocenters. The second-order valence-electron chi connectivity index (χ2n) is 3.91. The summed E-state index contributed by atoms with van der Waals surface area (Å²) in [5.41, 5.74) is 6.88. The quantitative estimate of drug-likeness (QED) is 0.849. The highest BCUT2D eigenvalue weighted by Gasteiger charge is 2.39. The monoisotopic (exact) mass is 232 g/mol. The van der Waals surface area contributed by atoms with Gasteiger partial charge < -0.3 is 5.73 Å². The van der Waals surface area contributed by atoms with Crippen molar-refractivity contribution in [2.24, 2.45) is 0 Å². The lowest BCUT2D eigenvalue weighted by molar-refractivity contribution is 0.971. The summed E-state index contributed by atoms with van der Waals surface area (Å²) < 4.78 is 0. The van der Waals surface area contributed by atoms with Crippen molar-refractivity contribution in [3.05, 3.63) is 35.9 Å². The number of hydrogen-bond acceptors (Lipinski definition) is 4. The topological polar surface area (TPSA) is 67.6 Å². The minimum absolute atomic E-state index is 0.388. The molecule has 3 N–H and O–H groups in total. The van der Waals surface area contributed by atoms with Gasteiger partial charge in [0.05, 0.1) is 0 Å². The summed E-state index contributed by atoms with van der Waals surface area (Å²) in [5.74, 6) is 1.03. The third-order valence-corrected chi connectivity index (χ3v) is 3.92. The predicted octanol–water partition coefficient (Wildman–Crippen LogP) is 2.04. The molecular weight excluding hydrogens is 220 g/mol. The Kier molecular flexibility index (Phi) is 2.32. The number of nitrogen functional groups attached to an aromatic ring is 1. The van der Waals surface area contributed by atoms with Crippen LogP contribution in [-0.4, -0.2) is 20.4 Å². The van der Waals surface area contributed by atoms with E-state index >= 15 is 0 Å². The lowest BCUT2D eigenvalue weighted by Crippen LogP contribution is -1.86. The number of nitrogens with zero attached hydrogens (tertiary/aromatic N) is 2. The number of aromatic nitrogens is 3. The van der Waals surface area contributed by atoms with Crippen LogP contribution in [0.25, 0.3) is 0 Å². The van der Waals surface area contributed by atoms with Gasteiger partial charge in [0.25, 0.3) is 0 Å². The van der Waals surface area contributed by atoms with Crippen LogP contribution >= 0.6 is 11.8 Å². The molecule has 1 aliphatic rings. The highest BCUT2D eigenvalue weighted by Crippen LogP contribution is 2.50. The van der Waals surface area contributed by atoms with Crippen molar-refractivity contribution in [1.82, 2.24) is 15.2 Å². The first-order chi connectivity index (χ1) is 7.83. The molecular formula is C11H12N4S. The van der Waals surface area contributed by atoms with E-state index in [1.54, 1.807) is 11.8 Å². The Balaban J connectivity index is 1.65. The van der Waals surface area contributed by atoms with Gasteiger partial charge in [-0.25, -0.2) is 5.10 Å². The number of hydrogen-bond donors (Lipinski definition) is 2. The lowest BCUT2D eigenvalue weighted by atomic mass is 10.1. The van der Waals surface area contributed by atoms with Crippen molar-refractivity contribution in [1.29, 1.82) is 0 Å². The molecule has 2 unspecified atom stereocenters. The van der Waals surface area contributed by atoms with Crippen molar-refractivity contribution in [3.63, 3.8) is 0 Å². The van der Waals surface area contributed by atoms with Gasteiger partial charge in [-0.15, -0.1) is 5.10 Å². The van der Waals surface area contributed by atoms with Gasteiger partial charge in [-0.05, 0) is 17.9 Å². The SMILES string of the molecule is Nc1nc(SC2CC2c2ccccc2)n[nH]1. The minimum atomic E-state index is 0.388. The van der Waals surface area contributed by atoms with Gasteiger partial charge in [-0.3, -0.25) is 0 Å². The summed E-state index contributed by atoms with van der Waals surface area (Å²) in [4.78, 5) is 4.09. The number of aromatic amines is 1. The number of benzene rings is 1. The van der Waals surface area contributed by atoms with E-state index in [1.165, 1.54) is 12.0 Å². The largest absolute Gasteiger partial charge is 0.368 e. The van der Waals surface area contributed by atoms with Crippen LogP contribution in [0, 0.1) is 0 Å². The molecule has 2 aromatic rings. The van der Waals surface area contributed by atoms with E-state index in [1.807, 2.05) is 6.07 Å². The molecule has 16 heavy (non-hydrogen) atoms. The third-order valence-electron chi connectivity index (χ3n) is 2.70. The fourth-order valence-electron chi connectivity index (χ4n) is 1.80. The second-order valence-corrected chi connectivity index (χ2v) is 5.12. The Morgan fingerprint density at radius 2 is 2.12 bits per heavy atom. The summed E-state index contributed by atoms with van der Waals surface area (Å²) in [7, 11) is 0. The lowest BCUT2D eigenvalue weighted by Gasteiger charge is -1.97. The Labute approximate surface area is 97.7 Å². The molecule has 0 amide bonds. The molecule has 0 radical (unpaired) electrons. The molecule has 1 heterocycles. The van der Waals surface area contributed by atoms with Crippen LogP contribution in [0.1, 0.15) is 17.9 Å². The van der Waals surface area contributed by atoms with E-state index in [0.717, 1.165) is 5.16 Å². The van der Waals surface area contributed by atoms with Crippen LogP contribution in [-0.2, 0) is 0 Å². The molecule has 4 nitrogen and oxygen atoms in total. The highest BCUT2D eigenvalue weighted by molar-refractivity contribution is 8.00. The zero-order valence-corrected chi connectivity index (χ0v) is 9.45. The molecule has 1 aromatic heterocycles. The normalized spacial score (nSPS) is 23.2. The summed E-state index contributed by atoms with van der Waals surface area (Å²) >= 11 is 1.70. The number of H-pyrrole nitrogens is 1. The number of anilines is 1. The number of nitrogens with one attached hydrogen (secondary N) is 1. The van der Waals surface area contributed by atoms with Crippen LogP contribution in [0.15, 0.2) is 35.5 Å². The molecule has 0 saturated heterocycles. The molecule has 0 bridgehead atoms. The van der Waals surface area contributed by atoms with Crippen LogP contribution < -0.4 is 5.73 Å². The number of rotatable bonds is 3. The summed E-state index contributed by atoms with van der Waals surface area (Å²) in [6.45, 7) is 0. The number of thioether (sulfide) groups is 1.